The monoisotopic (exact) mass is 333 g/mol. The summed E-state index contributed by atoms with van der Waals surface area (Å²) in [5.41, 5.74) is 2.31. The maximum absolute atomic E-state index is 13.2. The average Bonchev–Trinajstić information content (AvgIpc) is 2.61. The van der Waals surface area contributed by atoms with Crippen molar-refractivity contribution in [2.75, 3.05) is 6.54 Å². The standard InChI is InChI=1S/C20H19N3O2/c1-20(2)12-23(11-13-7-3-6-10-16(13)20)19(25)17-14-8-4-5-9-15(14)18(24)22-21-17/h3-10H,11-12H2,1-2H3,(H,22,24). The van der Waals surface area contributed by atoms with Crippen LogP contribution in [0.3, 0.4) is 0 Å². The van der Waals surface area contributed by atoms with Gasteiger partial charge in [0.15, 0.2) is 5.69 Å². The number of fused-ring (bicyclic) bond motifs is 2. The minimum Gasteiger partial charge on any atom is -0.332 e. The van der Waals surface area contributed by atoms with E-state index < -0.39 is 0 Å². The second-order valence-corrected chi connectivity index (χ2v) is 7.15. The predicted molar refractivity (Wildman–Crippen MR) is 96.6 cm³/mol. The molecule has 0 saturated heterocycles. The fraction of sp³-hybridized carbons (Fsp3) is 0.250. The molecule has 126 valence electrons. The molecule has 0 radical (unpaired) electrons. The first-order valence-corrected chi connectivity index (χ1v) is 8.32. The van der Waals surface area contributed by atoms with E-state index >= 15 is 0 Å². The van der Waals surface area contributed by atoms with Gasteiger partial charge in [0, 0.05) is 23.9 Å². The van der Waals surface area contributed by atoms with Crippen molar-refractivity contribution in [3.8, 4) is 0 Å². The summed E-state index contributed by atoms with van der Waals surface area (Å²) in [5, 5.41) is 7.58. The second-order valence-electron chi connectivity index (χ2n) is 7.15. The molecule has 0 fully saturated rings. The predicted octanol–water partition coefficient (Wildman–Crippen LogP) is 2.86. The van der Waals surface area contributed by atoms with Crippen molar-refractivity contribution in [1.82, 2.24) is 15.1 Å². The molecule has 0 saturated carbocycles. The molecule has 0 aliphatic carbocycles. The number of hydrogen-bond donors (Lipinski definition) is 1. The number of nitrogens with zero attached hydrogens (tertiary/aromatic N) is 2. The number of rotatable bonds is 1. The van der Waals surface area contributed by atoms with Crippen molar-refractivity contribution in [1.29, 1.82) is 0 Å². The van der Waals surface area contributed by atoms with Gasteiger partial charge in [-0.2, -0.15) is 5.10 Å². The Balaban J connectivity index is 1.79. The van der Waals surface area contributed by atoms with Crippen molar-refractivity contribution < 1.29 is 4.79 Å². The third-order valence-corrected chi connectivity index (χ3v) is 4.88. The number of carbonyl (C=O) groups excluding carboxylic acids is 1. The van der Waals surface area contributed by atoms with E-state index in [1.165, 1.54) is 5.56 Å². The molecule has 0 atom stereocenters. The summed E-state index contributed by atoms with van der Waals surface area (Å²) < 4.78 is 0. The number of benzene rings is 2. The smallest absolute Gasteiger partial charge is 0.275 e. The summed E-state index contributed by atoms with van der Waals surface area (Å²) in [7, 11) is 0. The SMILES string of the molecule is CC1(C)CN(C(=O)c2n[nH]c(=O)c3ccccc23)Cc2ccccc21. The molecule has 1 aliphatic rings. The minimum atomic E-state index is -0.281. The molecule has 1 N–H and O–H groups in total. The first-order chi connectivity index (χ1) is 12.0. The lowest BCUT2D eigenvalue weighted by atomic mass is 9.78. The van der Waals surface area contributed by atoms with Gasteiger partial charge in [-0.05, 0) is 17.2 Å². The molecule has 0 bridgehead atoms. The summed E-state index contributed by atoms with van der Waals surface area (Å²) in [4.78, 5) is 26.9. The summed E-state index contributed by atoms with van der Waals surface area (Å²) in [6.45, 7) is 5.44. The maximum Gasteiger partial charge on any atom is 0.275 e. The molecular formula is C20H19N3O2. The third kappa shape index (κ3) is 2.52. The van der Waals surface area contributed by atoms with Crippen LogP contribution >= 0.6 is 0 Å². The van der Waals surface area contributed by atoms with E-state index in [0.717, 1.165) is 5.56 Å². The van der Waals surface area contributed by atoms with Crippen molar-refractivity contribution >= 4 is 16.7 Å². The van der Waals surface area contributed by atoms with Gasteiger partial charge in [-0.15, -0.1) is 0 Å². The van der Waals surface area contributed by atoms with E-state index in [2.05, 4.69) is 36.2 Å². The number of H-pyrrole nitrogens is 1. The summed E-state index contributed by atoms with van der Waals surface area (Å²) in [5.74, 6) is -0.157. The summed E-state index contributed by atoms with van der Waals surface area (Å²) in [6, 6.07) is 15.3. The molecule has 1 amide bonds. The van der Waals surface area contributed by atoms with Crippen LogP contribution in [0.2, 0.25) is 0 Å². The van der Waals surface area contributed by atoms with Crippen LogP contribution < -0.4 is 5.56 Å². The average molecular weight is 333 g/mol. The van der Waals surface area contributed by atoms with E-state index in [-0.39, 0.29) is 16.9 Å². The topological polar surface area (TPSA) is 66.1 Å². The lowest BCUT2D eigenvalue weighted by Gasteiger charge is -2.39. The zero-order valence-electron chi connectivity index (χ0n) is 14.2. The number of hydrogen-bond acceptors (Lipinski definition) is 3. The molecule has 0 spiro atoms. The van der Waals surface area contributed by atoms with Crippen LogP contribution in [-0.2, 0) is 12.0 Å². The van der Waals surface area contributed by atoms with Gasteiger partial charge in [-0.25, -0.2) is 5.10 Å². The Morgan fingerprint density at radius 1 is 1.08 bits per heavy atom. The molecule has 5 heteroatoms. The van der Waals surface area contributed by atoms with E-state index in [9.17, 15) is 9.59 Å². The van der Waals surface area contributed by atoms with Crippen LogP contribution in [0.1, 0.15) is 35.5 Å². The summed E-state index contributed by atoms with van der Waals surface area (Å²) >= 11 is 0. The molecule has 3 aromatic rings. The number of nitrogens with one attached hydrogen (secondary N) is 1. The molecule has 1 aliphatic heterocycles. The van der Waals surface area contributed by atoms with Gasteiger partial charge in [0.1, 0.15) is 0 Å². The van der Waals surface area contributed by atoms with Gasteiger partial charge in [0.05, 0.1) is 5.39 Å². The van der Waals surface area contributed by atoms with Crippen molar-refractivity contribution in [3.63, 3.8) is 0 Å². The quantitative estimate of drug-likeness (QED) is 0.745. The van der Waals surface area contributed by atoms with Crippen LogP contribution in [0.5, 0.6) is 0 Å². The highest BCUT2D eigenvalue weighted by Crippen LogP contribution is 2.33. The Morgan fingerprint density at radius 3 is 2.56 bits per heavy atom. The van der Waals surface area contributed by atoms with Gasteiger partial charge in [-0.1, -0.05) is 56.3 Å². The Hall–Kier alpha value is -2.95. The highest BCUT2D eigenvalue weighted by Gasteiger charge is 2.34. The summed E-state index contributed by atoms with van der Waals surface area (Å²) in [6.07, 6.45) is 0. The number of amides is 1. The van der Waals surface area contributed by atoms with Gasteiger partial charge in [0.25, 0.3) is 11.5 Å². The van der Waals surface area contributed by atoms with Gasteiger partial charge in [-0.3, -0.25) is 9.59 Å². The van der Waals surface area contributed by atoms with Gasteiger partial charge in [0.2, 0.25) is 0 Å². The Labute approximate surface area is 145 Å². The molecule has 25 heavy (non-hydrogen) atoms. The molecule has 4 rings (SSSR count). The van der Waals surface area contributed by atoms with Crippen LogP contribution in [0.15, 0.2) is 53.3 Å². The third-order valence-electron chi connectivity index (χ3n) is 4.88. The first-order valence-electron chi connectivity index (χ1n) is 8.32. The first kappa shape index (κ1) is 15.6. The molecule has 2 heterocycles. The zero-order valence-corrected chi connectivity index (χ0v) is 14.2. The highest BCUT2D eigenvalue weighted by atomic mass is 16.2. The van der Waals surface area contributed by atoms with Crippen molar-refractivity contribution in [2.45, 2.75) is 25.8 Å². The molecule has 1 aromatic heterocycles. The Morgan fingerprint density at radius 2 is 1.76 bits per heavy atom. The lowest BCUT2D eigenvalue weighted by molar-refractivity contribution is 0.0681. The van der Waals surface area contributed by atoms with Gasteiger partial charge < -0.3 is 4.90 Å². The Kier molecular flexibility index (Phi) is 3.46. The van der Waals surface area contributed by atoms with Crippen LogP contribution in [-0.4, -0.2) is 27.5 Å². The molecular weight excluding hydrogens is 314 g/mol. The molecule has 2 aromatic carbocycles. The van der Waals surface area contributed by atoms with Crippen LogP contribution in [0.4, 0.5) is 0 Å². The normalized spacial score (nSPS) is 15.8. The largest absolute Gasteiger partial charge is 0.332 e. The molecule has 0 unspecified atom stereocenters. The number of aromatic amines is 1. The molecule has 5 nitrogen and oxygen atoms in total. The fourth-order valence-corrected chi connectivity index (χ4v) is 3.71. The lowest BCUT2D eigenvalue weighted by Crippen LogP contribution is -2.45. The highest BCUT2D eigenvalue weighted by molar-refractivity contribution is 6.04. The Bertz CT molecular complexity index is 1040. The van der Waals surface area contributed by atoms with Crippen molar-refractivity contribution in [2.24, 2.45) is 0 Å². The van der Waals surface area contributed by atoms with Crippen LogP contribution in [0.25, 0.3) is 10.8 Å². The fourth-order valence-electron chi connectivity index (χ4n) is 3.71. The van der Waals surface area contributed by atoms with Crippen molar-refractivity contribution in [3.05, 3.63) is 75.7 Å². The minimum absolute atomic E-state index is 0.136. The van der Waals surface area contributed by atoms with E-state index in [1.807, 2.05) is 23.1 Å². The second kappa shape index (κ2) is 5.55. The number of carbonyl (C=O) groups is 1. The number of aromatic nitrogens is 2. The zero-order chi connectivity index (χ0) is 17.6. The van der Waals surface area contributed by atoms with E-state index in [4.69, 9.17) is 0 Å². The van der Waals surface area contributed by atoms with Gasteiger partial charge >= 0.3 is 0 Å². The van der Waals surface area contributed by atoms with E-state index in [1.54, 1.807) is 18.2 Å². The van der Waals surface area contributed by atoms with E-state index in [0.29, 0.717) is 29.6 Å². The maximum atomic E-state index is 13.2. The van der Waals surface area contributed by atoms with Crippen LogP contribution in [0, 0.1) is 0 Å².